The first kappa shape index (κ1) is 13.8. The second kappa shape index (κ2) is 5.92. The van der Waals surface area contributed by atoms with Crippen LogP contribution in [0.25, 0.3) is 0 Å². The number of carboxylic acid groups (broad SMARTS) is 2. The molecule has 1 aromatic heterocycles. The van der Waals surface area contributed by atoms with E-state index in [-0.39, 0.29) is 10.8 Å². The van der Waals surface area contributed by atoms with Gasteiger partial charge in [-0.1, -0.05) is 11.6 Å². The molecule has 1 rings (SSSR count). The van der Waals surface area contributed by atoms with Crippen LogP contribution in [0.4, 0.5) is 0 Å². The van der Waals surface area contributed by atoms with Gasteiger partial charge in [0, 0.05) is 0 Å². The SMILES string of the molecule is O=C(O)C[C@@H](NC(=O)c1cncc(Cl)n1)C(=O)O. The van der Waals surface area contributed by atoms with Crippen molar-refractivity contribution in [2.24, 2.45) is 0 Å². The molecule has 96 valence electrons. The van der Waals surface area contributed by atoms with Gasteiger partial charge in [-0.15, -0.1) is 0 Å². The average molecular weight is 274 g/mol. The molecule has 0 aliphatic rings. The maximum absolute atomic E-state index is 11.6. The number of hydrogen-bond donors (Lipinski definition) is 3. The molecule has 9 heteroatoms. The van der Waals surface area contributed by atoms with Crippen molar-refractivity contribution in [3.05, 3.63) is 23.2 Å². The van der Waals surface area contributed by atoms with E-state index in [1.54, 1.807) is 0 Å². The molecule has 0 spiro atoms. The minimum absolute atomic E-state index is 0.0345. The fraction of sp³-hybridized carbons (Fsp3) is 0.222. The topological polar surface area (TPSA) is 129 Å². The van der Waals surface area contributed by atoms with Crippen LogP contribution < -0.4 is 5.32 Å². The van der Waals surface area contributed by atoms with E-state index in [0.29, 0.717) is 0 Å². The molecule has 0 saturated carbocycles. The normalized spacial score (nSPS) is 11.6. The molecule has 0 fully saturated rings. The Hall–Kier alpha value is -2.22. The third kappa shape index (κ3) is 3.98. The number of aromatic nitrogens is 2. The van der Waals surface area contributed by atoms with Gasteiger partial charge in [0.05, 0.1) is 18.8 Å². The molecule has 0 bridgehead atoms. The van der Waals surface area contributed by atoms with E-state index in [0.717, 1.165) is 6.20 Å². The third-order valence-corrected chi connectivity index (χ3v) is 2.00. The molecule has 0 aromatic carbocycles. The van der Waals surface area contributed by atoms with Crippen molar-refractivity contribution >= 4 is 29.4 Å². The Morgan fingerprint density at radius 1 is 1.33 bits per heavy atom. The van der Waals surface area contributed by atoms with Gasteiger partial charge in [0.2, 0.25) is 0 Å². The van der Waals surface area contributed by atoms with Gasteiger partial charge in [-0.3, -0.25) is 14.6 Å². The second-order valence-corrected chi connectivity index (χ2v) is 3.58. The number of hydrogen-bond acceptors (Lipinski definition) is 5. The zero-order valence-electron chi connectivity index (χ0n) is 8.83. The van der Waals surface area contributed by atoms with Crippen LogP contribution in [-0.2, 0) is 9.59 Å². The number of nitrogens with one attached hydrogen (secondary N) is 1. The molecule has 18 heavy (non-hydrogen) atoms. The van der Waals surface area contributed by atoms with Crippen LogP contribution >= 0.6 is 11.6 Å². The summed E-state index contributed by atoms with van der Waals surface area (Å²) >= 11 is 5.51. The molecule has 0 aliphatic heterocycles. The molecule has 0 aliphatic carbocycles. The Balaban J connectivity index is 2.78. The molecular weight excluding hydrogens is 266 g/mol. The first-order valence-corrected chi connectivity index (χ1v) is 5.01. The zero-order chi connectivity index (χ0) is 13.7. The summed E-state index contributed by atoms with van der Waals surface area (Å²) in [7, 11) is 0. The minimum Gasteiger partial charge on any atom is -0.481 e. The fourth-order valence-electron chi connectivity index (χ4n) is 1.06. The van der Waals surface area contributed by atoms with E-state index < -0.39 is 30.3 Å². The molecule has 1 heterocycles. The highest BCUT2D eigenvalue weighted by molar-refractivity contribution is 6.29. The molecule has 0 unspecified atom stereocenters. The Morgan fingerprint density at radius 2 is 2.00 bits per heavy atom. The summed E-state index contributed by atoms with van der Waals surface area (Å²) in [5.41, 5.74) is -0.195. The summed E-state index contributed by atoms with van der Waals surface area (Å²) < 4.78 is 0. The highest BCUT2D eigenvalue weighted by Crippen LogP contribution is 2.03. The molecular formula is C9H8ClN3O5. The quantitative estimate of drug-likeness (QED) is 0.676. The highest BCUT2D eigenvalue weighted by Gasteiger charge is 2.24. The number of amides is 1. The summed E-state index contributed by atoms with van der Waals surface area (Å²) in [6, 6.07) is -1.55. The first-order chi connectivity index (χ1) is 8.40. The van der Waals surface area contributed by atoms with Crippen molar-refractivity contribution in [3.63, 3.8) is 0 Å². The molecule has 1 atom stereocenters. The molecule has 1 aromatic rings. The van der Waals surface area contributed by atoms with Crippen molar-refractivity contribution in [2.45, 2.75) is 12.5 Å². The van der Waals surface area contributed by atoms with Gasteiger partial charge in [0.15, 0.2) is 0 Å². The minimum atomic E-state index is -1.55. The lowest BCUT2D eigenvalue weighted by atomic mass is 10.2. The predicted molar refractivity (Wildman–Crippen MR) is 58.2 cm³/mol. The summed E-state index contributed by atoms with van der Waals surface area (Å²) in [6.45, 7) is 0. The predicted octanol–water partition coefficient (Wildman–Crippen LogP) is -0.212. The Bertz CT molecular complexity index is 493. The van der Waals surface area contributed by atoms with Gasteiger partial charge in [-0.2, -0.15) is 0 Å². The van der Waals surface area contributed by atoms with Crippen molar-refractivity contribution in [3.8, 4) is 0 Å². The largest absolute Gasteiger partial charge is 0.481 e. The monoisotopic (exact) mass is 273 g/mol. The van der Waals surface area contributed by atoms with Crippen LogP contribution in [0.15, 0.2) is 12.4 Å². The lowest BCUT2D eigenvalue weighted by Crippen LogP contribution is -2.42. The van der Waals surface area contributed by atoms with Crippen LogP contribution in [0.2, 0.25) is 5.15 Å². The standard InChI is InChI=1S/C9H8ClN3O5/c10-6-3-11-2-5(12-6)8(16)13-4(9(17)18)1-7(14)15/h2-4H,1H2,(H,13,16)(H,14,15)(H,17,18)/t4-/m1/s1. The van der Waals surface area contributed by atoms with E-state index in [2.05, 4.69) is 9.97 Å². The summed E-state index contributed by atoms with van der Waals surface area (Å²) in [5.74, 6) is -3.67. The Morgan fingerprint density at radius 3 is 2.50 bits per heavy atom. The van der Waals surface area contributed by atoms with Crippen LogP contribution in [0.1, 0.15) is 16.9 Å². The molecule has 3 N–H and O–H groups in total. The van der Waals surface area contributed by atoms with Gasteiger partial charge in [-0.05, 0) is 0 Å². The van der Waals surface area contributed by atoms with E-state index in [9.17, 15) is 14.4 Å². The molecule has 0 saturated heterocycles. The third-order valence-electron chi connectivity index (χ3n) is 1.82. The number of rotatable bonds is 5. The molecule has 1 amide bonds. The highest BCUT2D eigenvalue weighted by atomic mass is 35.5. The number of carboxylic acids is 2. The lowest BCUT2D eigenvalue weighted by molar-refractivity contribution is -0.145. The van der Waals surface area contributed by atoms with Crippen LogP contribution in [0.3, 0.4) is 0 Å². The van der Waals surface area contributed by atoms with Crippen LogP contribution in [-0.4, -0.2) is 44.1 Å². The van der Waals surface area contributed by atoms with Gasteiger partial charge >= 0.3 is 11.9 Å². The summed E-state index contributed by atoms with van der Waals surface area (Å²) in [5, 5.41) is 19.2. The Kier molecular flexibility index (Phi) is 4.55. The van der Waals surface area contributed by atoms with Crippen molar-refractivity contribution in [2.75, 3.05) is 0 Å². The van der Waals surface area contributed by atoms with E-state index in [4.69, 9.17) is 21.8 Å². The van der Waals surface area contributed by atoms with Gasteiger partial charge in [0.1, 0.15) is 16.9 Å². The first-order valence-electron chi connectivity index (χ1n) is 4.63. The van der Waals surface area contributed by atoms with E-state index in [1.165, 1.54) is 6.20 Å². The number of halogens is 1. The van der Waals surface area contributed by atoms with Crippen molar-refractivity contribution in [1.82, 2.24) is 15.3 Å². The van der Waals surface area contributed by atoms with Crippen LogP contribution in [0.5, 0.6) is 0 Å². The summed E-state index contributed by atoms with van der Waals surface area (Å²) in [4.78, 5) is 39.9. The summed E-state index contributed by atoms with van der Waals surface area (Å²) in [6.07, 6.45) is 1.54. The average Bonchev–Trinajstić information content (AvgIpc) is 2.27. The van der Waals surface area contributed by atoms with Crippen molar-refractivity contribution < 1.29 is 24.6 Å². The molecule has 8 nitrogen and oxygen atoms in total. The molecule has 0 radical (unpaired) electrons. The van der Waals surface area contributed by atoms with Crippen molar-refractivity contribution in [1.29, 1.82) is 0 Å². The van der Waals surface area contributed by atoms with Gasteiger partial charge in [0.25, 0.3) is 5.91 Å². The fourth-order valence-corrected chi connectivity index (χ4v) is 1.21. The number of carbonyl (C=O) groups excluding carboxylic acids is 1. The maximum atomic E-state index is 11.6. The van der Waals surface area contributed by atoms with E-state index >= 15 is 0 Å². The maximum Gasteiger partial charge on any atom is 0.326 e. The van der Waals surface area contributed by atoms with E-state index in [1.807, 2.05) is 5.32 Å². The Labute approximate surface area is 106 Å². The second-order valence-electron chi connectivity index (χ2n) is 3.19. The van der Waals surface area contributed by atoms with Gasteiger partial charge in [-0.25, -0.2) is 9.78 Å². The number of aliphatic carboxylic acids is 2. The lowest BCUT2D eigenvalue weighted by Gasteiger charge is -2.11. The van der Waals surface area contributed by atoms with Crippen LogP contribution in [0, 0.1) is 0 Å². The number of nitrogens with zero attached hydrogens (tertiary/aromatic N) is 2. The smallest absolute Gasteiger partial charge is 0.326 e. The number of carbonyl (C=O) groups is 3. The zero-order valence-corrected chi connectivity index (χ0v) is 9.59. The van der Waals surface area contributed by atoms with Gasteiger partial charge < -0.3 is 15.5 Å².